The van der Waals surface area contributed by atoms with Crippen molar-refractivity contribution in [2.45, 2.75) is 59.0 Å². The molecule has 1 saturated heterocycles. The van der Waals surface area contributed by atoms with Gasteiger partial charge >= 0.3 is 84.8 Å². The zero-order chi connectivity index (χ0) is 12.2. The predicted octanol–water partition coefficient (Wildman–Crippen LogP) is -2.02. The molecule has 103 valence electrons. The summed E-state index contributed by atoms with van der Waals surface area (Å²) in [5.41, 5.74) is 3.48. The second kappa shape index (κ2) is 9.97. The third-order valence-electron chi connectivity index (χ3n) is 3.45. The van der Waals surface area contributed by atoms with Crippen LogP contribution in [0.2, 0.25) is 12.1 Å². The summed E-state index contributed by atoms with van der Waals surface area (Å²) in [6.45, 7) is 9.10. The minimum Gasteiger partial charge on any atom is -1.00 e. The van der Waals surface area contributed by atoms with Crippen molar-refractivity contribution in [2.75, 3.05) is 0 Å². The van der Waals surface area contributed by atoms with E-state index in [0.717, 1.165) is 0 Å². The van der Waals surface area contributed by atoms with Gasteiger partial charge in [-0.05, 0) is 0 Å². The van der Waals surface area contributed by atoms with Crippen LogP contribution in [0.1, 0.15) is 47.0 Å². The minimum atomic E-state index is 0. The predicted molar refractivity (Wildman–Crippen MR) is 72.2 cm³/mol. The van der Waals surface area contributed by atoms with Gasteiger partial charge < -0.3 is 24.8 Å². The van der Waals surface area contributed by atoms with Gasteiger partial charge in [0, 0.05) is 9.52 Å². The van der Waals surface area contributed by atoms with Crippen LogP contribution in [-0.2, 0) is 24.7 Å². The fourth-order valence-corrected chi connectivity index (χ4v) is 4.51. The van der Waals surface area contributed by atoms with Gasteiger partial charge in [0.25, 0.3) is 0 Å². The fourth-order valence-electron chi connectivity index (χ4n) is 2.09. The van der Waals surface area contributed by atoms with E-state index in [1.165, 1.54) is 12.0 Å². The van der Waals surface area contributed by atoms with Crippen molar-refractivity contribution in [3.8, 4) is 0 Å². The summed E-state index contributed by atoms with van der Waals surface area (Å²) in [6, 6.07) is 3.28. The third-order valence-corrected chi connectivity index (χ3v) is 6.85. The number of hydrogen-bond acceptors (Lipinski definition) is 0. The third kappa shape index (κ3) is 7.68. The van der Waals surface area contributed by atoms with E-state index in [0.29, 0.717) is 14.9 Å². The molecule has 1 fully saturated rings. The van der Waals surface area contributed by atoms with Gasteiger partial charge in [-0.3, -0.25) is 0 Å². The molecule has 0 N–H and O–H groups in total. The molecule has 0 aromatic carbocycles. The van der Waals surface area contributed by atoms with Crippen LogP contribution in [-0.4, -0.2) is 9.52 Å². The van der Waals surface area contributed by atoms with E-state index in [-0.39, 0.29) is 24.8 Å². The molecule has 18 heavy (non-hydrogen) atoms. The zero-order valence-corrected chi connectivity index (χ0v) is 17.5. The van der Waals surface area contributed by atoms with Crippen LogP contribution >= 0.6 is 0 Å². The maximum atomic E-state index is 2.37. The van der Waals surface area contributed by atoms with Crippen molar-refractivity contribution in [2.24, 2.45) is 5.41 Å². The smallest absolute Gasteiger partial charge is 1.00 e. The second-order valence-electron chi connectivity index (χ2n) is 6.03. The van der Waals surface area contributed by atoms with E-state index < -0.39 is 0 Å². The van der Waals surface area contributed by atoms with Crippen molar-refractivity contribution < 1.29 is 49.5 Å². The average molecular weight is 384 g/mol. The molecule has 1 aliphatic carbocycles. The summed E-state index contributed by atoms with van der Waals surface area (Å²) in [5, 5.41) is 0. The van der Waals surface area contributed by atoms with E-state index in [4.69, 9.17) is 0 Å². The van der Waals surface area contributed by atoms with Gasteiger partial charge in [-0.25, -0.2) is 0 Å². The van der Waals surface area contributed by atoms with Crippen molar-refractivity contribution in [1.29, 1.82) is 0 Å². The molecular weight excluding hydrogens is 358 g/mol. The quantitative estimate of drug-likeness (QED) is 0.424. The second-order valence-corrected chi connectivity index (χ2v) is 9.63. The van der Waals surface area contributed by atoms with E-state index in [1.807, 2.05) is 0 Å². The molecule has 0 nitrogen and oxygen atoms in total. The van der Waals surface area contributed by atoms with Gasteiger partial charge in [0.1, 0.15) is 0 Å². The Hall–Kier alpha value is 1.16. The molecule has 0 amide bonds. The van der Waals surface area contributed by atoms with Gasteiger partial charge in [-0.2, -0.15) is 0 Å². The van der Waals surface area contributed by atoms with Crippen LogP contribution in [0.3, 0.4) is 0 Å². The first-order valence-corrected chi connectivity index (χ1v) is 9.76. The maximum absolute atomic E-state index is 2.37. The summed E-state index contributed by atoms with van der Waals surface area (Å²) in [5.74, 6) is 0. The molecule has 1 aliphatic heterocycles. The van der Waals surface area contributed by atoms with Crippen LogP contribution in [0.4, 0.5) is 0 Å². The molecule has 2 rings (SSSR count). The van der Waals surface area contributed by atoms with Crippen molar-refractivity contribution >= 4 is 9.52 Å². The van der Waals surface area contributed by atoms with Crippen LogP contribution in [0, 0.1) is 5.41 Å². The fraction of sp³-hybridized carbons (Fsp3) is 0.714. The number of allylic oxidation sites excluding steroid dienone is 4. The Labute approximate surface area is 143 Å². The summed E-state index contributed by atoms with van der Waals surface area (Å²) in [7, 11) is 0.543. The summed E-state index contributed by atoms with van der Waals surface area (Å²) in [6.07, 6.45) is 6.72. The van der Waals surface area contributed by atoms with Gasteiger partial charge in [0.2, 0.25) is 0 Å². The maximum Gasteiger partial charge on any atom is -1.00 e. The first kappa shape index (κ1) is 21.5. The molecule has 0 bridgehead atoms. The Kier molecular flexibility index (Phi) is 11.9. The first-order chi connectivity index (χ1) is 7.41. The van der Waals surface area contributed by atoms with Gasteiger partial charge in [-0.1, -0.05) is 24.9 Å². The Morgan fingerprint density at radius 1 is 1.11 bits per heavy atom. The molecule has 0 unspecified atom stereocenters. The van der Waals surface area contributed by atoms with E-state index in [2.05, 4.69) is 33.8 Å². The van der Waals surface area contributed by atoms with Crippen LogP contribution < -0.4 is 24.8 Å². The molecule has 0 saturated carbocycles. The van der Waals surface area contributed by atoms with Crippen LogP contribution in [0.5, 0.6) is 0 Å². The van der Waals surface area contributed by atoms with Crippen molar-refractivity contribution in [1.82, 2.24) is 0 Å². The van der Waals surface area contributed by atoms with Crippen molar-refractivity contribution in [3.63, 3.8) is 0 Å². The first-order valence-electron chi connectivity index (χ1n) is 6.53. The summed E-state index contributed by atoms with van der Waals surface area (Å²) >= 11 is 1.58. The van der Waals surface area contributed by atoms with E-state index in [9.17, 15) is 0 Å². The molecule has 2 aliphatic rings. The van der Waals surface area contributed by atoms with Gasteiger partial charge in [0.15, 0.2) is 0 Å². The standard InChI is InChI=1S/C10H15.C4H10Si.2ClH.Zr/c1-8-5-6-9(7-8)10(2,3)4;1-2-4-5-3-1;;;/h7H,6H2,1-4H3;1-5H2;2*1H;/q;;;;+2/p-2. The largest absolute Gasteiger partial charge is 1.00 e. The summed E-state index contributed by atoms with van der Waals surface area (Å²) < 4.78 is 1.63. The number of rotatable bonds is 0. The normalized spacial score (nSPS) is 18.4. The van der Waals surface area contributed by atoms with Crippen LogP contribution in [0.15, 0.2) is 20.5 Å². The van der Waals surface area contributed by atoms with Gasteiger partial charge in [-0.15, -0.1) is 0 Å². The molecule has 0 radical (unpaired) electrons. The zero-order valence-electron chi connectivity index (χ0n) is 12.1. The van der Waals surface area contributed by atoms with E-state index >= 15 is 0 Å². The summed E-state index contributed by atoms with van der Waals surface area (Å²) in [4.78, 5) is 0. The monoisotopic (exact) mass is 381 g/mol. The molecule has 0 spiro atoms. The Morgan fingerprint density at radius 3 is 1.78 bits per heavy atom. The Balaban J connectivity index is 0. The SMILES string of the molecule is C1CC[SiH2]C1.CC1=[C]([Zr+2])CC(C(C)(C)C)=C1.[Cl-].[Cl-]. The Bertz CT molecular complexity index is 292. The van der Waals surface area contributed by atoms with E-state index in [1.54, 1.807) is 58.5 Å². The molecule has 0 aromatic rings. The number of halogens is 2. The molecule has 0 aromatic heterocycles. The molecule has 1 heterocycles. The molecule has 0 atom stereocenters. The van der Waals surface area contributed by atoms with Gasteiger partial charge in [0.05, 0.1) is 0 Å². The molecule has 4 heteroatoms. The minimum absolute atomic E-state index is 0. The number of hydrogen-bond donors (Lipinski definition) is 0. The average Bonchev–Trinajstić information content (AvgIpc) is 2.79. The molecular formula is C14H25Cl2SiZr. The topological polar surface area (TPSA) is 0 Å². The Morgan fingerprint density at radius 2 is 1.61 bits per heavy atom. The van der Waals surface area contributed by atoms with Crippen LogP contribution in [0.25, 0.3) is 0 Å². The van der Waals surface area contributed by atoms with Crippen molar-refractivity contribution in [3.05, 3.63) is 20.5 Å².